The van der Waals surface area contributed by atoms with Gasteiger partial charge in [-0.1, -0.05) is 86.0 Å². The second kappa shape index (κ2) is 11.1. The molecular formula is C30H30N4. The largest absolute Gasteiger partial charge is 0.338 e. The van der Waals surface area contributed by atoms with E-state index in [2.05, 4.69) is 70.8 Å². The van der Waals surface area contributed by atoms with Crippen molar-refractivity contribution >= 4 is 11.6 Å². The number of nitrogens with zero attached hydrogens (tertiary/aromatic N) is 4. The lowest BCUT2D eigenvalue weighted by molar-refractivity contribution is 0.500. The van der Waals surface area contributed by atoms with Gasteiger partial charge in [-0.25, -0.2) is 0 Å². The molecule has 34 heavy (non-hydrogen) atoms. The molecule has 2 aromatic carbocycles. The number of para-hydroxylation sites is 1. The predicted molar refractivity (Wildman–Crippen MR) is 142 cm³/mol. The number of aromatic nitrogens is 3. The van der Waals surface area contributed by atoms with Gasteiger partial charge in [-0.15, -0.1) is 5.10 Å². The predicted octanol–water partition coefficient (Wildman–Crippen LogP) is 6.91. The van der Waals surface area contributed by atoms with E-state index in [9.17, 15) is 0 Å². The normalized spacial score (nSPS) is 13.7. The molecule has 0 saturated heterocycles. The maximum Gasteiger partial charge on any atom is 0.108 e. The summed E-state index contributed by atoms with van der Waals surface area (Å²) in [5, 5.41) is 9.23. The molecule has 0 aliphatic heterocycles. The number of benzene rings is 2. The summed E-state index contributed by atoms with van der Waals surface area (Å²) >= 11 is 0. The third kappa shape index (κ3) is 5.59. The summed E-state index contributed by atoms with van der Waals surface area (Å²) in [6.07, 6.45) is 16.9. The molecule has 170 valence electrons. The zero-order valence-electron chi connectivity index (χ0n) is 19.6. The number of hydrogen-bond acceptors (Lipinski definition) is 3. The summed E-state index contributed by atoms with van der Waals surface area (Å²) in [6.45, 7) is 11.1. The van der Waals surface area contributed by atoms with Crippen LogP contribution in [0.4, 0.5) is 0 Å². The summed E-state index contributed by atoms with van der Waals surface area (Å²) in [5.41, 5.74) is 6.91. The van der Waals surface area contributed by atoms with E-state index in [0.29, 0.717) is 6.54 Å². The first-order valence-electron chi connectivity index (χ1n) is 11.5. The van der Waals surface area contributed by atoms with Gasteiger partial charge >= 0.3 is 0 Å². The van der Waals surface area contributed by atoms with Crippen molar-refractivity contribution in [3.63, 3.8) is 0 Å². The van der Waals surface area contributed by atoms with Crippen molar-refractivity contribution in [1.82, 2.24) is 19.9 Å². The molecule has 0 bridgehead atoms. The maximum absolute atomic E-state index is 4.66. The number of allylic oxidation sites excluding steroid dienone is 6. The van der Waals surface area contributed by atoms with Gasteiger partial charge in [0.05, 0.1) is 11.4 Å². The van der Waals surface area contributed by atoms with Crippen molar-refractivity contribution in [3.8, 4) is 5.69 Å². The fraction of sp³-hybridized carbons (Fsp3) is 0.133. The summed E-state index contributed by atoms with van der Waals surface area (Å²) in [6, 6.07) is 20.2. The second-order valence-electron chi connectivity index (χ2n) is 8.08. The fourth-order valence-corrected chi connectivity index (χ4v) is 3.83. The Hall–Kier alpha value is -4.18. The van der Waals surface area contributed by atoms with Crippen LogP contribution in [0.3, 0.4) is 0 Å². The van der Waals surface area contributed by atoms with Gasteiger partial charge in [0.15, 0.2) is 0 Å². The smallest absolute Gasteiger partial charge is 0.108 e. The van der Waals surface area contributed by atoms with Crippen LogP contribution in [-0.2, 0) is 0 Å². The lowest BCUT2D eigenvalue weighted by atomic mass is 10.0. The number of aryl methyl sites for hydroxylation is 1. The van der Waals surface area contributed by atoms with Crippen LogP contribution >= 0.6 is 0 Å². The highest BCUT2D eigenvalue weighted by atomic mass is 15.5. The van der Waals surface area contributed by atoms with Gasteiger partial charge in [0.2, 0.25) is 0 Å². The first kappa shape index (κ1) is 23.0. The Morgan fingerprint density at radius 1 is 1.03 bits per heavy atom. The Morgan fingerprint density at radius 3 is 2.44 bits per heavy atom. The third-order valence-electron chi connectivity index (χ3n) is 5.65. The molecule has 1 aliphatic rings. The average Bonchev–Trinajstić information content (AvgIpc) is 3.27. The van der Waals surface area contributed by atoms with Gasteiger partial charge in [0, 0.05) is 17.9 Å². The van der Waals surface area contributed by atoms with E-state index in [4.69, 9.17) is 0 Å². The lowest BCUT2D eigenvalue weighted by Crippen LogP contribution is -2.21. The van der Waals surface area contributed by atoms with E-state index < -0.39 is 0 Å². The molecule has 1 aliphatic carbocycles. The van der Waals surface area contributed by atoms with Crippen LogP contribution < -0.4 is 0 Å². The zero-order chi connectivity index (χ0) is 23.8. The topological polar surface area (TPSA) is 34.0 Å². The molecule has 4 nitrogen and oxygen atoms in total. The minimum atomic E-state index is 0.669. The summed E-state index contributed by atoms with van der Waals surface area (Å²) < 4.78 is 0. The monoisotopic (exact) mass is 446 g/mol. The highest BCUT2D eigenvalue weighted by Crippen LogP contribution is 2.24. The Morgan fingerprint density at radius 2 is 1.76 bits per heavy atom. The van der Waals surface area contributed by atoms with Crippen LogP contribution in [-0.4, -0.2) is 26.4 Å². The molecule has 4 heteroatoms. The molecule has 0 atom stereocenters. The molecule has 0 spiro atoms. The minimum Gasteiger partial charge on any atom is -0.338 e. The van der Waals surface area contributed by atoms with E-state index in [1.165, 1.54) is 0 Å². The van der Waals surface area contributed by atoms with Crippen molar-refractivity contribution < 1.29 is 0 Å². The van der Waals surface area contributed by atoms with Crippen LogP contribution in [0, 0.1) is 6.92 Å². The summed E-state index contributed by atoms with van der Waals surface area (Å²) in [4.78, 5) is 3.90. The average molecular weight is 447 g/mol. The quantitative estimate of drug-likeness (QED) is 0.335. The fourth-order valence-electron chi connectivity index (χ4n) is 3.83. The van der Waals surface area contributed by atoms with Crippen LogP contribution in [0.2, 0.25) is 0 Å². The summed E-state index contributed by atoms with van der Waals surface area (Å²) in [5.74, 6) is 0. The first-order chi connectivity index (χ1) is 16.7. The molecule has 1 aromatic heterocycles. The highest BCUT2D eigenvalue weighted by molar-refractivity contribution is 5.75. The molecule has 0 amide bonds. The maximum atomic E-state index is 4.66. The molecular weight excluding hydrogens is 416 g/mol. The molecule has 1 heterocycles. The Labute approximate surface area is 202 Å². The van der Waals surface area contributed by atoms with Gasteiger partial charge in [-0.05, 0) is 61.3 Å². The SMILES string of the molecule is C=C/C(=C\C(=C)N(C/C=C\c1nn(-c2ccccc2)nc1C)C1=CCCC=C1)c1ccccc1. The highest BCUT2D eigenvalue weighted by Gasteiger charge is 2.12. The Bertz CT molecular complexity index is 1260. The summed E-state index contributed by atoms with van der Waals surface area (Å²) in [7, 11) is 0. The van der Waals surface area contributed by atoms with Crippen molar-refractivity contribution in [2.24, 2.45) is 0 Å². The zero-order valence-corrected chi connectivity index (χ0v) is 19.6. The Balaban J connectivity index is 1.56. The Kier molecular flexibility index (Phi) is 7.51. The van der Waals surface area contributed by atoms with E-state index in [1.54, 1.807) is 4.80 Å². The second-order valence-corrected chi connectivity index (χ2v) is 8.08. The van der Waals surface area contributed by atoms with Crippen LogP contribution in [0.1, 0.15) is 29.8 Å². The van der Waals surface area contributed by atoms with E-state index >= 15 is 0 Å². The van der Waals surface area contributed by atoms with Crippen LogP contribution in [0.5, 0.6) is 0 Å². The van der Waals surface area contributed by atoms with E-state index in [0.717, 1.165) is 52.4 Å². The van der Waals surface area contributed by atoms with Crippen molar-refractivity contribution in [1.29, 1.82) is 0 Å². The minimum absolute atomic E-state index is 0.669. The van der Waals surface area contributed by atoms with Gasteiger partial charge in [0.25, 0.3) is 0 Å². The molecule has 3 aromatic rings. The lowest BCUT2D eigenvalue weighted by Gasteiger charge is -2.27. The third-order valence-corrected chi connectivity index (χ3v) is 5.65. The van der Waals surface area contributed by atoms with Gasteiger partial charge in [-0.2, -0.15) is 9.90 Å². The standard InChI is InChI=1S/C30H30N4/c1-4-26(27-15-8-5-9-16-27)23-24(2)33(28-17-10-6-11-18-28)22-14-21-30-25(3)31-34(32-30)29-19-12-7-13-20-29/h4-5,7-10,12-21,23H,1-2,6,11,22H2,3H3/b21-14-,26-23+. The van der Waals surface area contributed by atoms with Crippen LogP contribution in [0.15, 0.2) is 122 Å². The number of rotatable bonds is 9. The molecule has 0 unspecified atom stereocenters. The first-order valence-corrected chi connectivity index (χ1v) is 11.5. The van der Waals surface area contributed by atoms with Crippen molar-refractivity contribution in [2.45, 2.75) is 19.8 Å². The van der Waals surface area contributed by atoms with Gasteiger partial charge < -0.3 is 4.90 Å². The van der Waals surface area contributed by atoms with Gasteiger partial charge in [0.1, 0.15) is 5.69 Å². The number of hydrogen-bond donors (Lipinski definition) is 0. The van der Waals surface area contributed by atoms with Crippen molar-refractivity contribution in [3.05, 3.63) is 139 Å². The molecule has 4 rings (SSSR count). The molecule has 0 N–H and O–H groups in total. The molecule has 0 saturated carbocycles. The van der Waals surface area contributed by atoms with E-state index in [-0.39, 0.29) is 0 Å². The molecule has 0 radical (unpaired) electrons. The van der Waals surface area contributed by atoms with Gasteiger partial charge in [-0.3, -0.25) is 0 Å². The van der Waals surface area contributed by atoms with Crippen LogP contribution in [0.25, 0.3) is 17.3 Å². The van der Waals surface area contributed by atoms with Crippen molar-refractivity contribution in [2.75, 3.05) is 6.54 Å². The van der Waals surface area contributed by atoms with E-state index in [1.807, 2.05) is 67.6 Å². The molecule has 0 fully saturated rings.